The smallest absolute Gasteiger partial charge is 0.270 e. The van der Waals surface area contributed by atoms with E-state index in [2.05, 4.69) is 0 Å². The van der Waals surface area contributed by atoms with E-state index < -0.39 is 32.0 Å². The summed E-state index contributed by atoms with van der Waals surface area (Å²) in [5, 5.41) is 10.6. The van der Waals surface area contributed by atoms with E-state index in [1.807, 2.05) is 0 Å². The first-order valence-corrected chi connectivity index (χ1v) is 7.56. The van der Waals surface area contributed by atoms with Crippen molar-refractivity contribution in [3.8, 4) is 0 Å². The fourth-order valence-electron chi connectivity index (χ4n) is 1.88. The molecule has 2 rings (SSSR count). The summed E-state index contributed by atoms with van der Waals surface area (Å²) in [4.78, 5) is 23.2. The summed E-state index contributed by atoms with van der Waals surface area (Å²) in [6.45, 7) is -0.0768. The Bertz CT molecular complexity index is 659. The minimum absolute atomic E-state index is 0.0384. The first-order valence-electron chi connectivity index (χ1n) is 5.74. The second-order valence-corrected chi connectivity index (χ2v) is 6.67. The summed E-state index contributed by atoms with van der Waals surface area (Å²) in [7, 11) is -3.16. The number of benzene rings is 1. The molecule has 1 aromatic rings. The molecular weight excluding hydrogens is 291 g/mol. The summed E-state index contributed by atoms with van der Waals surface area (Å²) in [5.41, 5.74) is -0.808. The molecule has 0 saturated carbocycles. The van der Waals surface area contributed by atoms with Crippen molar-refractivity contribution in [2.24, 2.45) is 0 Å². The van der Waals surface area contributed by atoms with E-state index in [9.17, 15) is 27.7 Å². The summed E-state index contributed by atoms with van der Waals surface area (Å²) in [6.07, 6.45) is 0. The van der Waals surface area contributed by atoms with Crippen molar-refractivity contribution in [1.29, 1.82) is 0 Å². The standard InChI is InChI=1S/C11H11FN2O5S/c12-10-2-1-8(14(16)17)7-9(10)11(15)13-3-5-20(18,19)6-4-13/h1-2,7H,3-6H2. The molecule has 1 fully saturated rings. The predicted molar refractivity (Wildman–Crippen MR) is 67.6 cm³/mol. The van der Waals surface area contributed by atoms with Crippen molar-refractivity contribution < 1.29 is 22.5 Å². The number of amides is 1. The molecule has 0 atom stereocenters. The zero-order valence-corrected chi connectivity index (χ0v) is 11.1. The number of hydrogen-bond donors (Lipinski definition) is 0. The Balaban J connectivity index is 2.25. The molecule has 0 aliphatic carbocycles. The van der Waals surface area contributed by atoms with Gasteiger partial charge < -0.3 is 4.90 Å². The topological polar surface area (TPSA) is 97.6 Å². The molecule has 0 radical (unpaired) electrons. The van der Waals surface area contributed by atoms with Crippen LogP contribution in [0.5, 0.6) is 0 Å². The number of hydrogen-bond acceptors (Lipinski definition) is 5. The molecule has 0 N–H and O–H groups in total. The predicted octanol–water partition coefficient (Wildman–Crippen LogP) is 0.605. The average molecular weight is 302 g/mol. The van der Waals surface area contributed by atoms with E-state index in [0.29, 0.717) is 0 Å². The zero-order chi connectivity index (χ0) is 14.9. The van der Waals surface area contributed by atoms with Crippen molar-refractivity contribution in [2.45, 2.75) is 0 Å². The van der Waals surface area contributed by atoms with Gasteiger partial charge in [-0.1, -0.05) is 0 Å². The first kappa shape index (κ1) is 14.4. The van der Waals surface area contributed by atoms with Crippen LogP contribution in [0.25, 0.3) is 0 Å². The summed E-state index contributed by atoms with van der Waals surface area (Å²) in [5.74, 6) is -1.97. The third kappa shape index (κ3) is 2.93. The molecule has 7 nitrogen and oxygen atoms in total. The van der Waals surface area contributed by atoms with Crippen molar-refractivity contribution in [2.75, 3.05) is 24.6 Å². The Labute approximate surface area is 114 Å². The lowest BCUT2D eigenvalue weighted by molar-refractivity contribution is -0.384. The van der Waals surface area contributed by atoms with E-state index in [-0.39, 0.29) is 30.3 Å². The van der Waals surface area contributed by atoms with E-state index in [4.69, 9.17) is 0 Å². The fourth-order valence-corrected chi connectivity index (χ4v) is 3.08. The highest BCUT2D eigenvalue weighted by Gasteiger charge is 2.28. The van der Waals surface area contributed by atoms with E-state index in [1.165, 1.54) is 4.90 Å². The van der Waals surface area contributed by atoms with Crippen LogP contribution in [0.15, 0.2) is 18.2 Å². The van der Waals surface area contributed by atoms with E-state index in [1.54, 1.807) is 0 Å². The molecule has 1 amide bonds. The van der Waals surface area contributed by atoms with E-state index in [0.717, 1.165) is 18.2 Å². The van der Waals surface area contributed by atoms with Crippen LogP contribution in [0.2, 0.25) is 0 Å². The quantitative estimate of drug-likeness (QED) is 0.588. The van der Waals surface area contributed by atoms with Crippen molar-refractivity contribution >= 4 is 21.4 Å². The third-order valence-electron chi connectivity index (χ3n) is 3.02. The number of sulfone groups is 1. The maximum atomic E-state index is 13.6. The van der Waals surface area contributed by atoms with Gasteiger partial charge in [-0.15, -0.1) is 0 Å². The Hall–Kier alpha value is -2.03. The van der Waals surface area contributed by atoms with Gasteiger partial charge in [0.2, 0.25) is 0 Å². The molecule has 9 heteroatoms. The number of nitro groups is 1. The number of carbonyl (C=O) groups is 1. The number of halogens is 1. The Morgan fingerprint density at radius 2 is 1.90 bits per heavy atom. The Kier molecular flexibility index (Phi) is 3.71. The van der Waals surface area contributed by atoms with Gasteiger partial charge in [0.15, 0.2) is 9.84 Å². The van der Waals surface area contributed by atoms with Crippen molar-refractivity contribution in [3.63, 3.8) is 0 Å². The number of rotatable bonds is 2. The summed E-state index contributed by atoms with van der Waals surface area (Å²) in [6, 6.07) is 2.68. The number of nitro benzene ring substituents is 1. The van der Waals surface area contributed by atoms with Gasteiger partial charge in [-0.05, 0) is 6.07 Å². The molecule has 108 valence electrons. The van der Waals surface area contributed by atoms with Gasteiger partial charge in [0, 0.05) is 25.2 Å². The second-order valence-electron chi connectivity index (χ2n) is 4.37. The normalized spacial score (nSPS) is 17.8. The molecule has 20 heavy (non-hydrogen) atoms. The van der Waals surface area contributed by atoms with Gasteiger partial charge in [-0.2, -0.15) is 0 Å². The average Bonchev–Trinajstić information content (AvgIpc) is 2.38. The highest BCUT2D eigenvalue weighted by atomic mass is 32.2. The lowest BCUT2D eigenvalue weighted by atomic mass is 10.1. The molecular formula is C11H11FN2O5S. The lowest BCUT2D eigenvalue weighted by Crippen LogP contribution is -2.44. The van der Waals surface area contributed by atoms with Gasteiger partial charge in [0.1, 0.15) is 5.82 Å². The maximum Gasteiger partial charge on any atom is 0.270 e. The molecule has 0 bridgehead atoms. The van der Waals surface area contributed by atoms with Crippen LogP contribution in [0.3, 0.4) is 0 Å². The van der Waals surface area contributed by atoms with Gasteiger partial charge >= 0.3 is 0 Å². The molecule has 1 aromatic carbocycles. The zero-order valence-electron chi connectivity index (χ0n) is 10.3. The first-order chi connectivity index (χ1) is 9.30. The van der Waals surface area contributed by atoms with Crippen LogP contribution >= 0.6 is 0 Å². The monoisotopic (exact) mass is 302 g/mol. The van der Waals surface area contributed by atoms with Crippen LogP contribution in [-0.2, 0) is 9.84 Å². The minimum Gasteiger partial charge on any atom is -0.337 e. The van der Waals surface area contributed by atoms with Crippen LogP contribution in [0.1, 0.15) is 10.4 Å². The highest BCUT2D eigenvalue weighted by molar-refractivity contribution is 7.91. The maximum absolute atomic E-state index is 13.6. The van der Waals surface area contributed by atoms with Gasteiger partial charge in [-0.3, -0.25) is 14.9 Å². The van der Waals surface area contributed by atoms with Gasteiger partial charge in [-0.25, -0.2) is 12.8 Å². The Morgan fingerprint density at radius 3 is 2.45 bits per heavy atom. The van der Waals surface area contributed by atoms with E-state index >= 15 is 0 Å². The van der Waals surface area contributed by atoms with Crippen LogP contribution < -0.4 is 0 Å². The number of nitrogens with zero attached hydrogens (tertiary/aromatic N) is 2. The molecule has 1 aliphatic rings. The second kappa shape index (κ2) is 5.16. The molecule has 1 heterocycles. The Morgan fingerprint density at radius 1 is 1.30 bits per heavy atom. The van der Waals surface area contributed by atoms with Gasteiger partial charge in [0.05, 0.1) is 22.0 Å². The van der Waals surface area contributed by atoms with Crippen LogP contribution in [0, 0.1) is 15.9 Å². The van der Waals surface area contributed by atoms with Crippen LogP contribution in [-0.4, -0.2) is 48.7 Å². The van der Waals surface area contributed by atoms with Crippen molar-refractivity contribution in [3.05, 3.63) is 39.7 Å². The largest absolute Gasteiger partial charge is 0.337 e. The molecule has 1 saturated heterocycles. The highest BCUT2D eigenvalue weighted by Crippen LogP contribution is 2.19. The number of non-ortho nitro benzene ring substituents is 1. The summed E-state index contributed by atoms with van der Waals surface area (Å²) >= 11 is 0. The summed E-state index contributed by atoms with van der Waals surface area (Å²) < 4.78 is 36.1. The molecule has 0 unspecified atom stereocenters. The SMILES string of the molecule is O=C(c1cc([N+](=O)[O-])ccc1F)N1CCS(=O)(=O)CC1. The van der Waals surface area contributed by atoms with Crippen LogP contribution in [0.4, 0.5) is 10.1 Å². The molecule has 0 spiro atoms. The fraction of sp³-hybridized carbons (Fsp3) is 0.364. The minimum atomic E-state index is -3.16. The molecule has 0 aromatic heterocycles. The lowest BCUT2D eigenvalue weighted by Gasteiger charge is -2.26. The third-order valence-corrected chi connectivity index (χ3v) is 4.63. The van der Waals surface area contributed by atoms with Crippen molar-refractivity contribution in [1.82, 2.24) is 4.90 Å². The molecule has 1 aliphatic heterocycles. The van der Waals surface area contributed by atoms with Gasteiger partial charge in [0.25, 0.3) is 11.6 Å². The number of carbonyl (C=O) groups excluding carboxylic acids is 1.